The summed E-state index contributed by atoms with van der Waals surface area (Å²) < 4.78 is 0. The highest BCUT2D eigenvalue weighted by Gasteiger charge is 2.32. The first-order valence-corrected chi connectivity index (χ1v) is 10.1. The first-order valence-electron chi connectivity index (χ1n) is 10.1. The van der Waals surface area contributed by atoms with Crippen molar-refractivity contribution in [2.24, 2.45) is 0 Å². The van der Waals surface area contributed by atoms with Gasteiger partial charge in [-0.15, -0.1) is 0 Å². The van der Waals surface area contributed by atoms with E-state index in [1.807, 2.05) is 42.5 Å². The number of aryl methyl sites for hydroxylation is 1. The van der Waals surface area contributed by atoms with Crippen LogP contribution in [0.5, 0.6) is 0 Å². The van der Waals surface area contributed by atoms with Gasteiger partial charge >= 0.3 is 0 Å². The summed E-state index contributed by atoms with van der Waals surface area (Å²) in [6, 6.07) is 12.7. The predicted molar refractivity (Wildman–Crippen MR) is 116 cm³/mol. The molecule has 2 aromatic heterocycles. The molecule has 30 heavy (non-hydrogen) atoms. The number of rotatable bonds is 5. The van der Waals surface area contributed by atoms with E-state index in [2.05, 4.69) is 20.6 Å². The number of para-hydroxylation sites is 1. The Morgan fingerprint density at radius 2 is 1.97 bits per heavy atom. The lowest BCUT2D eigenvalue weighted by atomic mass is 10.1. The Labute approximate surface area is 175 Å². The highest BCUT2D eigenvalue weighted by atomic mass is 16.2. The van der Waals surface area contributed by atoms with E-state index in [0.717, 1.165) is 28.6 Å². The molecule has 2 atom stereocenters. The first kappa shape index (κ1) is 20.0. The molecule has 0 bridgehead atoms. The maximum absolute atomic E-state index is 13.6. The van der Waals surface area contributed by atoms with Gasteiger partial charge in [0.15, 0.2) is 5.65 Å². The topological polar surface area (TPSA) is 87.2 Å². The number of nitrogens with zero attached hydrogens (tertiary/aromatic N) is 3. The van der Waals surface area contributed by atoms with Crippen molar-refractivity contribution in [2.75, 3.05) is 11.9 Å². The number of pyridine rings is 2. The van der Waals surface area contributed by atoms with Crippen molar-refractivity contribution >= 4 is 28.5 Å². The quantitative estimate of drug-likeness (QED) is 0.682. The number of aromatic nitrogens is 2. The van der Waals surface area contributed by atoms with Crippen LogP contribution in [-0.2, 0) is 22.6 Å². The van der Waals surface area contributed by atoms with Crippen LogP contribution in [0.25, 0.3) is 11.0 Å². The minimum atomic E-state index is -0.577. The van der Waals surface area contributed by atoms with Gasteiger partial charge in [0.2, 0.25) is 11.8 Å². The van der Waals surface area contributed by atoms with Crippen molar-refractivity contribution in [3.05, 3.63) is 66.0 Å². The Morgan fingerprint density at radius 3 is 2.80 bits per heavy atom. The van der Waals surface area contributed by atoms with E-state index < -0.39 is 6.04 Å². The molecule has 0 spiro atoms. The van der Waals surface area contributed by atoms with Crippen LogP contribution in [0, 0.1) is 0 Å². The molecule has 4 rings (SSSR count). The third-order valence-corrected chi connectivity index (χ3v) is 5.63. The summed E-state index contributed by atoms with van der Waals surface area (Å²) in [5.74, 6) is -0.286. The molecule has 7 heteroatoms. The second-order valence-electron chi connectivity index (χ2n) is 7.51. The van der Waals surface area contributed by atoms with Crippen molar-refractivity contribution in [3.63, 3.8) is 0 Å². The van der Waals surface area contributed by atoms with Gasteiger partial charge in [-0.05, 0) is 62.2 Å². The Morgan fingerprint density at radius 1 is 1.17 bits per heavy atom. The number of carbonyl (C=O) groups excluding carboxylic acids is 2. The summed E-state index contributed by atoms with van der Waals surface area (Å²) in [7, 11) is 1.73. The number of fused-ring (bicyclic) bond motifs is 2. The zero-order valence-corrected chi connectivity index (χ0v) is 17.1. The largest absolute Gasteiger partial charge is 0.343 e. The molecule has 0 aliphatic carbocycles. The molecule has 1 aromatic carbocycles. The fourth-order valence-corrected chi connectivity index (χ4v) is 3.79. The second kappa shape index (κ2) is 8.59. The van der Waals surface area contributed by atoms with E-state index in [-0.39, 0.29) is 17.9 Å². The first-order chi connectivity index (χ1) is 14.6. The molecule has 1 unspecified atom stereocenters. The molecule has 0 fully saturated rings. The SMILES string of the molecule is CN[C@@H](C)C(=O)NC1CCc2ccccc2N(Cc2ccnc3ncccc23)C1=O. The fourth-order valence-electron chi connectivity index (χ4n) is 3.79. The average Bonchev–Trinajstić information content (AvgIpc) is 2.91. The van der Waals surface area contributed by atoms with Gasteiger partial charge in [0, 0.05) is 23.5 Å². The zero-order valence-electron chi connectivity index (χ0n) is 17.1. The number of carbonyl (C=O) groups is 2. The van der Waals surface area contributed by atoms with Gasteiger partial charge in [0.1, 0.15) is 6.04 Å². The lowest BCUT2D eigenvalue weighted by molar-refractivity contribution is -0.128. The Bertz CT molecular complexity index is 1080. The van der Waals surface area contributed by atoms with Gasteiger partial charge in [0.25, 0.3) is 0 Å². The molecule has 0 saturated heterocycles. The van der Waals surface area contributed by atoms with Crippen LogP contribution in [0.15, 0.2) is 54.9 Å². The lowest BCUT2D eigenvalue weighted by Crippen LogP contribution is -2.52. The summed E-state index contributed by atoms with van der Waals surface area (Å²) in [5, 5.41) is 6.77. The van der Waals surface area contributed by atoms with E-state index >= 15 is 0 Å². The standard InChI is InChI=1S/C23H25N5O2/c1-15(24-2)22(29)27-19-10-9-16-6-3-4-8-20(16)28(23(19)30)14-17-11-13-26-21-18(17)7-5-12-25-21/h3-8,11-13,15,19,24H,9-10,14H2,1-2H3,(H,27,29)/t15-,19?/m0/s1. The Hall–Kier alpha value is -3.32. The smallest absolute Gasteiger partial charge is 0.249 e. The van der Waals surface area contributed by atoms with Crippen molar-refractivity contribution in [2.45, 2.75) is 38.4 Å². The molecule has 2 N–H and O–H groups in total. The van der Waals surface area contributed by atoms with Crippen LogP contribution in [0.4, 0.5) is 5.69 Å². The normalized spacial score (nSPS) is 17.3. The van der Waals surface area contributed by atoms with Crippen LogP contribution < -0.4 is 15.5 Å². The number of amides is 2. The van der Waals surface area contributed by atoms with Gasteiger partial charge < -0.3 is 15.5 Å². The summed E-state index contributed by atoms with van der Waals surface area (Å²) in [6.07, 6.45) is 4.70. The molecular formula is C23H25N5O2. The minimum absolute atomic E-state index is 0.106. The van der Waals surface area contributed by atoms with Crippen molar-refractivity contribution in [1.29, 1.82) is 0 Å². The number of anilines is 1. The van der Waals surface area contributed by atoms with Crippen molar-refractivity contribution in [1.82, 2.24) is 20.6 Å². The highest BCUT2D eigenvalue weighted by Crippen LogP contribution is 2.29. The summed E-state index contributed by atoms with van der Waals surface area (Å²) in [4.78, 5) is 36.4. The molecule has 3 aromatic rings. The number of likely N-dealkylation sites (N-methyl/N-ethyl adjacent to an activating group) is 1. The molecule has 2 amide bonds. The van der Waals surface area contributed by atoms with E-state index in [1.54, 1.807) is 31.3 Å². The highest BCUT2D eigenvalue weighted by molar-refractivity contribution is 6.01. The van der Waals surface area contributed by atoms with E-state index in [4.69, 9.17) is 0 Å². The van der Waals surface area contributed by atoms with E-state index in [1.165, 1.54) is 0 Å². The number of nitrogens with one attached hydrogen (secondary N) is 2. The van der Waals surface area contributed by atoms with Crippen molar-refractivity contribution < 1.29 is 9.59 Å². The number of benzene rings is 1. The zero-order chi connectivity index (χ0) is 21.1. The molecule has 1 aliphatic rings. The molecular weight excluding hydrogens is 378 g/mol. The van der Waals surface area contributed by atoms with E-state index in [9.17, 15) is 9.59 Å². The lowest BCUT2D eigenvalue weighted by Gasteiger charge is -2.27. The van der Waals surface area contributed by atoms with E-state index in [0.29, 0.717) is 18.6 Å². The van der Waals surface area contributed by atoms with Gasteiger partial charge in [-0.25, -0.2) is 9.97 Å². The van der Waals surface area contributed by atoms with Gasteiger partial charge in [0.05, 0.1) is 12.6 Å². The maximum Gasteiger partial charge on any atom is 0.249 e. The molecule has 154 valence electrons. The summed E-state index contributed by atoms with van der Waals surface area (Å²) >= 11 is 0. The summed E-state index contributed by atoms with van der Waals surface area (Å²) in [5.41, 5.74) is 3.60. The molecule has 1 aliphatic heterocycles. The monoisotopic (exact) mass is 403 g/mol. The Balaban J connectivity index is 1.70. The second-order valence-corrected chi connectivity index (χ2v) is 7.51. The molecule has 0 saturated carbocycles. The fraction of sp³-hybridized carbons (Fsp3) is 0.304. The number of hydrogen-bond acceptors (Lipinski definition) is 5. The molecule has 0 radical (unpaired) electrons. The maximum atomic E-state index is 13.6. The van der Waals surface area contributed by atoms with Crippen LogP contribution in [0.2, 0.25) is 0 Å². The number of hydrogen-bond donors (Lipinski definition) is 2. The Kier molecular flexibility index (Phi) is 5.72. The third-order valence-electron chi connectivity index (χ3n) is 5.63. The average molecular weight is 403 g/mol. The third kappa shape index (κ3) is 3.89. The summed E-state index contributed by atoms with van der Waals surface area (Å²) in [6.45, 7) is 2.16. The van der Waals surface area contributed by atoms with Crippen LogP contribution >= 0.6 is 0 Å². The van der Waals surface area contributed by atoms with Crippen LogP contribution in [0.1, 0.15) is 24.5 Å². The van der Waals surface area contributed by atoms with Gasteiger partial charge in [-0.2, -0.15) is 0 Å². The van der Waals surface area contributed by atoms with Gasteiger partial charge in [-0.1, -0.05) is 18.2 Å². The minimum Gasteiger partial charge on any atom is -0.343 e. The van der Waals surface area contributed by atoms with Crippen LogP contribution in [0.3, 0.4) is 0 Å². The predicted octanol–water partition coefficient (Wildman–Crippen LogP) is 2.20. The molecule has 7 nitrogen and oxygen atoms in total. The molecule has 3 heterocycles. The van der Waals surface area contributed by atoms with Gasteiger partial charge in [-0.3, -0.25) is 9.59 Å². The van der Waals surface area contributed by atoms with Crippen molar-refractivity contribution in [3.8, 4) is 0 Å². The van der Waals surface area contributed by atoms with Crippen LogP contribution in [-0.4, -0.2) is 40.9 Å².